The van der Waals surface area contributed by atoms with E-state index in [4.69, 9.17) is 11.6 Å². The van der Waals surface area contributed by atoms with Crippen molar-refractivity contribution in [1.82, 2.24) is 9.97 Å². The molecular formula is C10H13ClN4O2. The van der Waals surface area contributed by atoms with Gasteiger partial charge in [-0.15, -0.1) is 0 Å². The third-order valence-electron chi connectivity index (χ3n) is 3.03. The van der Waals surface area contributed by atoms with Crippen LogP contribution in [-0.2, 0) is 0 Å². The van der Waals surface area contributed by atoms with Crippen LogP contribution in [0.2, 0.25) is 5.15 Å². The second kappa shape index (κ2) is 5.27. The highest BCUT2D eigenvalue weighted by molar-refractivity contribution is 6.31. The van der Waals surface area contributed by atoms with Gasteiger partial charge in [-0.1, -0.05) is 30.9 Å². The Labute approximate surface area is 104 Å². The summed E-state index contributed by atoms with van der Waals surface area (Å²) in [4.78, 5) is 17.7. The number of nitro groups is 1. The molecule has 2 rings (SSSR count). The summed E-state index contributed by atoms with van der Waals surface area (Å²) >= 11 is 5.67. The molecule has 1 aliphatic rings. The van der Waals surface area contributed by atoms with Gasteiger partial charge in [0, 0.05) is 6.54 Å². The van der Waals surface area contributed by atoms with Crippen molar-refractivity contribution < 1.29 is 4.92 Å². The molecule has 1 N–H and O–H groups in total. The normalized spacial score (nSPS) is 15.4. The third-order valence-corrected chi connectivity index (χ3v) is 3.31. The van der Waals surface area contributed by atoms with Gasteiger partial charge in [0.25, 0.3) is 0 Å². The highest BCUT2D eigenvalue weighted by Gasteiger charge is 2.22. The molecule has 17 heavy (non-hydrogen) atoms. The zero-order valence-corrected chi connectivity index (χ0v) is 9.98. The second-order valence-corrected chi connectivity index (χ2v) is 4.49. The lowest BCUT2D eigenvalue weighted by molar-refractivity contribution is -0.384. The first-order valence-electron chi connectivity index (χ1n) is 5.57. The molecule has 0 saturated heterocycles. The SMILES string of the molecule is O=[N+]([O-])c1c(Cl)ncnc1NCCC1CCC1. The van der Waals surface area contributed by atoms with Crippen LogP contribution in [0.3, 0.4) is 0 Å². The highest BCUT2D eigenvalue weighted by Crippen LogP contribution is 2.31. The number of nitrogens with zero attached hydrogens (tertiary/aromatic N) is 3. The lowest BCUT2D eigenvalue weighted by Gasteiger charge is -2.25. The molecule has 0 atom stereocenters. The molecule has 0 radical (unpaired) electrons. The van der Waals surface area contributed by atoms with Crippen molar-refractivity contribution in [1.29, 1.82) is 0 Å². The first kappa shape index (κ1) is 12.0. The molecule has 1 aromatic heterocycles. The van der Waals surface area contributed by atoms with Gasteiger partial charge in [-0.25, -0.2) is 9.97 Å². The summed E-state index contributed by atoms with van der Waals surface area (Å²) in [6.45, 7) is 0.679. The van der Waals surface area contributed by atoms with Crippen molar-refractivity contribution in [2.75, 3.05) is 11.9 Å². The summed E-state index contributed by atoms with van der Waals surface area (Å²) in [6, 6.07) is 0. The third kappa shape index (κ3) is 2.82. The maximum Gasteiger partial charge on any atom is 0.348 e. The molecule has 1 saturated carbocycles. The molecule has 6 nitrogen and oxygen atoms in total. The molecule has 0 spiro atoms. The van der Waals surface area contributed by atoms with Gasteiger partial charge in [0.1, 0.15) is 6.33 Å². The summed E-state index contributed by atoms with van der Waals surface area (Å²) in [5, 5.41) is 13.6. The number of halogens is 1. The predicted octanol–water partition coefficient (Wildman–Crippen LogP) is 2.64. The number of hydrogen-bond acceptors (Lipinski definition) is 5. The van der Waals surface area contributed by atoms with E-state index in [2.05, 4.69) is 15.3 Å². The molecule has 1 aromatic rings. The van der Waals surface area contributed by atoms with E-state index in [9.17, 15) is 10.1 Å². The van der Waals surface area contributed by atoms with Crippen LogP contribution in [-0.4, -0.2) is 21.4 Å². The highest BCUT2D eigenvalue weighted by atomic mass is 35.5. The molecule has 0 unspecified atom stereocenters. The van der Waals surface area contributed by atoms with Gasteiger partial charge in [-0.2, -0.15) is 0 Å². The molecule has 1 aliphatic carbocycles. The Morgan fingerprint density at radius 1 is 1.53 bits per heavy atom. The number of hydrogen-bond donors (Lipinski definition) is 1. The van der Waals surface area contributed by atoms with E-state index < -0.39 is 4.92 Å². The number of rotatable bonds is 5. The van der Waals surface area contributed by atoms with E-state index in [0.717, 1.165) is 12.3 Å². The van der Waals surface area contributed by atoms with Crippen LogP contribution in [0, 0.1) is 16.0 Å². The zero-order valence-electron chi connectivity index (χ0n) is 9.23. The van der Waals surface area contributed by atoms with Gasteiger partial charge in [-0.3, -0.25) is 10.1 Å². The van der Waals surface area contributed by atoms with Gasteiger partial charge in [0.05, 0.1) is 4.92 Å². The smallest absolute Gasteiger partial charge is 0.348 e. The summed E-state index contributed by atoms with van der Waals surface area (Å²) in [7, 11) is 0. The van der Waals surface area contributed by atoms with Crippen LogP contribution < -0.4 is 5.32 Å². The molecule has 1 heterocycles. The Kier molecular flexibility index (Phi) is 3.73. The lowest BCUT2D eigenvalue weighted by Crippen LogP contribution is -2.16. The quantitative estimate of drug-likeness (QED) is 0.498. The number of aromatic nitrogens is 2. The van der Waals surface area contributed by atoms with E-state index >= 15 is 0 Å². The second-order valence-electron chi connectivity index (χ2n) is 4.13. The van der Waals surface area contributed by atoms with Crippen molar-refractivity contribution in [3.63, 3.8) is 0 Å². The van der Waals surface area contributed by atoms with Crippen LogP contribution >= 0.6 is 11.6 Å². The summed E-state index contributed by atoms with van der Waals surface area (Å²) < 4.78 is 0. The van der Waals surface area contributed by atoms with Crippen LogP contribution in [0.4, 0.5) is 11.5 Å². The largest absolute Gasteiger partial charge is 0.364 e. The van der Waals surface area contributed by atoms with Gasteiger partial charge in [0.15, 0.2) is 0 Å². The molecular weight excluding hydrogens is 244 g/mol. The molecule has 0 amide bonds. The minimum atomic E-state index is -0.561. The Bertz CT molecular complexity index is 423. The van der Waals surface area contributed by atoms with Gasteiger partial charge in [-0.05, 0) is 12.3 Å². The standard InChI is InChI=1S/C10H13ClN4O2/c11-9-8(15(16)17)10(14-6-13-9)12-5-4-7-2-1-3-7/h6-7H,1-5H2,(H,12,13,14). The minimum Gasteiger partial charge on any atom is -0.364 e. The number of anilines is 1. The van der Waals surface area contributed by atoms with E-state index in [1.807, 2.05) is 0 Å². The zero-order chi connectivity index (χ0) is 12.3. The van der Waals surface area contributed by atoms with Crippen LogP contribution in [0.5, 0.6) is 0 Å². The van der Waals surface area contributed by atoms with Gasteiger partial charge < -0.3 is 5.32 Å². The summed E-state index contributed by atoms with van der Waals surface area (Å²) in [5.41, 5.74) is -0.247. The molecule has 0 bridgehead atoms. The van der Waals surface area contributed by atoms with E-state index in [0.29, 0.717) is 6.54 Å². The Balaban J connectivity index is 1.98. The molecule has 0 aliphatic heterocycles. The average Bonchev–Trinajstić information content (AvgIpc) is 2.21. The van der Waals surface area contributed by atoms with Crippen molar-refractivity contribution in [2.24, 2.45) is 5.92 Å². The van der Waals surface area contributed by atoms with E-state index in [1.54, 1.807) is 0 Å². The fourth-order valence-electron chi connectivity index (χ4n) is 1.82. The monoisotopic (exact) mass is 256 g/mol. The van der Waals surface area contributed by atoms with Crippen LogP contribution in [0.25, 0.3) is 0 Å². The van der Waals surface area contributed by atoms with Crippen molar-refractivity contribution in [2.45, 2.75) is 25.7 Å². The first-order chi connectivity index (χ1) is 8.18. The maximum atomic E-state index is 10.8. The first-order valence-corrected chi connectivity index (χ1v) is 5.95. The van der Waals surface area contributed by atoms with Crippen molar-refractivity contribution in [3.05, 3.63) is 21.6 Å². The fourth-order valence-corrected chi connectivity index (χ4v) is 2.03. The molecule has 0 aromatic carbocycles. The summed E-state index contributed by atoms with van der Waals surface area (Å²) in [6.07, 6.45) is 6.05. The summed E-state index contributed by atoms with van der Waals surface area (Å²) in [5.74, 6) is 0.952. The van der Waals surface area contributed by atoms with Gasteiger partial charge >= 0.3 is 5.69 Å². The number of nitrogens with one attached hydrogen (secondary N) is 1. The van der Waals surface area contributed by atoms with E-state index in [-0.39, 0.29) is 16.7 Å². The fraction of sp³-hybridized carbons (Fsp3) is 0.600. The van der Waals surface area contributed by atoms with Gasteiger partial charge in [0.2, 0.25) is 11.0 Å². The Hall–Kier alpha value is -1.43. The van der Waals surface area contributed by atoms with Crippen molar-refractivity contribution >= 4 is 23.1 Å². The topological polar surface area (TPSA) is 81.0 Å². The van der Waals surface area contributed by atoms with Crippen LogP contribution in [0.1, 0.15) is 25.7 Å². The molecule has 7 heteroatoms. The van der Waals surface area contributed by atoms with E-state index in [1.165, 1.54) is 25.6 Å². The lowest BCUT2D eigenvalue weighted by atomic mass is 9.83. The van der Waals surface area contributed by atoms with Crippen LogP contribution in [0.15, 0.2) is 6.33 Å². The maximum absolute atomic E-state index is 10.8. The Morgan fingerprint density at radius 3 is 2.88 bits per heavy atom. The predicted molar refractivity (Wildman–Crippen MR) is 64.1 cm³/mol. The van der Waals surface area contributed by atoms with Crippen molar-refractivity contribution in [3.8, 4) is 0 Å². The minimum absolute atomic E-state index is 0.129. The average molecular weight is 257 g/mol. The Morgan fingerprint density at radius 2 is 2.29 bits per heavy atom. The molecule has 92 valence electrons. The molecule has 1 fully saturated rings.